The second-order valence-corrected chi connectivity index (χ2v) is 5.30. The smallest absolute Gasteiger partial charge is 0.321 e. The highest BCUT2D eigenvalue weighted by molar-refractivity contribution is 9.10. The molecule has 0 aliphatic heterocycles. The molecular formula is C14H13BrN2O. The van der Waals surface area contributed by atoms with Gasteiger partial charge in [-0.1, -0.05) is 12.1 Å². The van der Waals surface area contributed by atoms with E-state index in [-0.39, 0.29) is 0 Å². The molecule has 1 aromatic carbocycles. The van der Waals surface area contributed by atoms with Gasteiger partial charge in [0, 0.05) is 12.4 Å². The topological polar surface area (TPSA) is 35.0 Å². The maximum absolute atomic E-state index is 5.79. The lowest BCUT2D eigenvalue weighted by atomic mass is 9.91. The molecule has 1 heterocycles. The number of aryl methyl sites for hydroxylation is 1. The molecule has 0 radical (unpaired) electrons. The Morgan fingerprint density at radius 2 is 1.83 bits per heavy atom. The molecule has 0 fully saturated rings. The Morgan fingerprint density at radius 3 is 2.67 bits per heavy atom. The molecule has 3 rings (SSSR count). The summed E-state index contributed by atoms with van der Waals surface area (Å²) in [7, 11) is 0. The fourth-order valence-electron chi connectivity index (χ4n) is 2.29. The van der Waals surface area contributed by atoms with Crippen LogP contribution in [0.3, 0.4) is 0 Å². The Kier molecular flexibility index (Phi) is 3.28. The van der Waals surface area contributed by atoms with Crippen molar-refractivity contribution in [3.05, 3.63) is 46.2 Å². The molecule has 0 saturated heterocycles. The lowest BCUT2D eigenvalue weighted by molar-refractivity contribution is 0.432. The van der Waals surface area contributed by atoms with Crippen molar-refractivity contribution in [3.8, 4) is 11.8 Å². The number of hydrogen-bond acceptors (Lipinski definition) is 3. The number of benzene rings is 1. The summed E-state index contributed by atoms with van der Waals surface area (Å²) in [4.78, 5) is 8.28. The third kappa shape index (κ3) is 2.38. The van der Waals surface area contributed by atoms with E-state index in [1.165, 1.54) is 24.0 Å². The Labute approximate surface area is 114 Å². The molecule has 1 aromatic heterocycles. The molecule has 4 heteroatoms. The van der Waals surface area contributed by atoms with Crippen molar-refractivity contribution in [2.45, 2.75) is 25.7 Å². The highest BCUT2D eigenvalue weighted by Gasteiger charge is 2.14. The van der Waals surface area contributed by atoms with Crippen LogP contribution in [-0.2, 0) is 12.8 Å². The second kappa shape index (κ2) is 5.06. The zero-order valence-electron chi connectivity index (χ0n) is 9.90. The van der Waals surface area contributed by atoms with Crippen LogP contribution in [0.1, 0.15) is 24.0 Å². The van der Waals surface area contributed by atoms with E-state index in [9.17, 15) is 0 Å². The quantitative estimate of drug-likeness (QED) is 0.844. The highest BCUT2D eigenvalue weighted by atomic mass is 79.9. The Bertz CT molecular complexity index is 554. The van der Waals surface area contributed by atoms with E-state index in [2.05, 4.69) is 32.0 Å². The van der Waals surface area contributed by atoms with E-state index in [1.54, 1.807) is 12.4 Å². The summed E-state index contributed by atoms with van der Waals surface area (Å²) in [6.07, 6.45) is 8.12. The van der Waals surface area contributed by atoms with Gasteiger partial charge in [-0.25, -0.2) is 9.97 Å². The number of ether oxygens (including phenoxy) is 1. The molecule has 92 valence electrons. The monoisotopic (exact) mass is 304 g/mol. The van der Waals surface area contributed by atoms with Gasteiger partial charge in [-0.3, -0.25) is 0 Å². The Hall–Kier alpha value is -1.42. The van der Waals surface area contributed by atoms with Crippen LogP contribution >= 0.6 is 15.9 Å². The maximum atomic E-state index is 5.79. The lowest BCUT2D eigenvalue weighted by Gasteiger charge is -2.18. The number of aromatic nitrogens is 2. The van der Waals surface area contributed by atoms with Crippen LogP contribution in [0.25, 0.3) is 0 Å². The van der Waals surface area contributed by atoms with E-state index in [1.807, 2.05) is 12.1 Å². The molecule has 1 aliphatic carbocycles. The molecule has 1 aliphatic rings. The number of rotatable bonds is 2. The van der Waals surface area contributed by atoms with Crippen molar-refractivity contribution in [1.82, 2.24) is 9.97 Å². The molecule has 0 spiro atoms. The summed E-state index contributed by atoms with van der Waals surface area (Å²) in [6.45, 7) is 0. The van der Waals surface area contributed by atoms with E-state index < -0.39 is 0 Å². The average molecular weight is 305 g/mol. The lowest BCUT2D eigenvalue weighted by Crippen LogP contribution is -2.04. The molecule has 3 nitrogen and oxygen atoms in total. The van der Waals surface area contributed by atoms with Gasteiger partial charge >= 0.3 is 6.01 Å². The van der Waals surface area contributed by atoms with Crippen molar-refractivity contribution in [2.75, 3.05) is 0 Å². The first-order chi connectivity index (χ1) is 8.83. The summed E-state index contributed by atoms with van der Waals surface area (Å²) >= 11 is 3.31. The van der Waals surface area contributed by atoms with Crippen molar-refractivity contribution >= 4 is 15.9 Å². The summed E-state index contributed by atoms with van der Waals surface area (Å²) < 4.78 is 6.64. The Morgan fingerprint density at radius 1 is 1.06 bits per heavy atom. The van der Waals surface area contributed by atoms with E-state index in [0.29, 0.717) is 6.01 Å². The van der Waals surface area contributed by atoms with Crippen LogP contribution < -0.4 is 4.74 Å². The van der Waals surface area contributed by atoms with Gasteiger partial charge in [-0.05, 0) is 58.8 Å². The summed E-state index contributed by atoms with van der Waals surface area (Å²) in [5.74, 6) is 0.898. The first-order valence-corrected chi connectivity index (χ1v) is 6.88. The van der Waals surface area contributed by atoms with Crippen molar-refractivity contribution in [2.24, 2.45) is 0 Å². The fourth-order valence-corrected chi connectivity index (χ4v) is 2.50. The number of fused-ring (bicyclic) bond motifs is 1. The zero-order chi connectivity index (χ0) is 12.4. The average Bonchev–Trinajstić information content (AvgIpc) is 2.42. The second-order valence-electron chi connectivity index (χ2n) is 4.39. The molecule has 0 unspecified atom stereocenters. The summed E-state index contributed by atoms with van der Waals surface area (Å²) in [5.41, 5.74) is 2.71. The van der Waals surface area contributed by atoms with Gasteiger partial charge in [0.1, 0.15) is 5.75 Å². The molecular weight excluding hydrogens is 292 g/mol. The molecule has 0 bridgehead atoms. The fraction of sp³-hybridized carbons (Fsp3) is 0.286. The standard InChI is InChI=1S/C14H13BrN2O/c15-11-8-16-14(17-9-11)18-13-7-3-5-10-4-1-2-6-12(10)13/h3,5,7-9H,1-2,4,6H2. The van der Waals surface area contributed by atoms with Crippen LogP contribution in [0, 0.1) is 0 Å². The van der Waals surface area contributed by atoms with Crippen LogP contribution in [0.15, 0.2) is 35.1 Å². The zero-order valence-corrected chi connectivity index (χ0v) is 11.5. The van der Waals surface area contributed by atoms with Crippen molar-refractivity contribution < 1.29 is 4.74 Å². The molecule has 0 N–H and O–H groups in total. The summed E-state index contributed by atoms with van der Waals surface area (Å²) in [5, 5.41) is 0. The van der Waals surface area contributed by atoms with Crippen LogP contribution in [0.5, 0.6) is 11.8 Å². The van der Waals surface area contributed by atoms with E-state index in [4.69, 9.17) is 4.74 Å². The number of nitrogens with zero attached hydrogens (tertiary/aromatic N) is 2. The SMILES string of the molecule is Brc1cnc(Oc2cccc3c2CCCC3)nc1. The molecule has 0 saturated carbocycles. The number of hydrogen-bond donors (Lipinski definition) is 0. The van der Waals surface area contributed by atoms with Gasteiger partial charge in [-0.2, -0.15) is 0 Å². The molecule has 0 amide bonds. The van der Waals surface area contributed by atoms with E-state index >= 15 is 0 Å². The summed E-state index contributed by atoms with van der Waals surface area (Å²) in [6, 6.07) is 6.62. The minimum Gasteiger partial charge on any atom is -0.424 e. The third-order valence-electron chi connectivity index (χ3n) is 3.15. The van der Waals surface area contributed by atoms with Gasteiger partial charge in [0.15, 0.2) is 0 Å². The largest absolute Gasteiger partial charge is 0.424 e. The highest BCUT2D eigenvalue weighted by Crippen LogP contribution is 2.31. The van der Waals surface area contributed by atoms with Gasteiger partial charge in [-0.15, -0.1) is 0 Å². The predicted octanol–water partition coefficient (Wildman–Crippen LogP) is 3.91. The number of halogens is 1. The maximum Gasteiger partial charge on any atom is 0.321 e. The van der Waals surface area contributed by atoms with Gasteiger partial charge in [0.05, 0.1) is 4.47 Å². The first kappa shape index (κ1) is 11.7. The van der Waals surface area contributed by atoms with Crippen LogP contribution in [0.4, 0.5) is 0 Å². The van der Waals surface area contributed by atoms with Crippen molar-refractivity contribution in [3.63, 3.8) is 0 Å². The van der Waals surface area contributed by atoms with Crippen LogP contribution in [0.2, 0.25) is 0 Å². The minimum atomic E-state index is 0.400. The molecule has 0 atom stereocenters. The van der Waals surface area contributed by atoms with Crippen LogP contribution in [-0.4, -0.2) is 9.97 Å². The molecule has 18 heavy (non-hydrogen) atoms. The third-order valence-corrected chi connectivity index (χ3v) is 3.56. The molecule has 2 aromatic rings. The van der Waals surface area contributed by atoms with Crippen molar-refractivity contribution in [1.29, 1.82) is 0 Å². The van der Waals surface area contributed by atoms with Gasteiger partial charge < -0.3 is 4.74 Å². The van der Waals surface area contributed by atoms with Gasteiger partial charge in [0.25, 0.3) is 0 Å². The normalized spacial score (nSPS) is 14.1. The minimum absolute atomic E-state index is 0.400. The Balaban J connectivity index is 1.90. The predicted molar refractivity (Wildman–Crippen MR) is 72.9 cm³/mol. The van der Waals surface area contributed by atoms with Gasteiger partial charge in [0.2, 0.25) is 0 Å². The first-order valence-electron chi connectivity index (χ1n) is 6.09. The van der Waals surface area contributed by atoms with E-state index in [0.717, 1.165) is 23.1 Å².